The first-order valence-electron chi connectivity index (χ1n) is 8.39. The van der Waals surface area contributed by atoms with Crippen molar-refractivity contribution in [1.29, 1.82) is 0 Å². The van der Waals surface area contributed by atoms with E-state index in [0.29, 0.717) is 0 Å². The van der Waals surface area contributed by atoms with Crippen molar-refractivity contribution in [2.75, 3.05) is 18.1 Å². The number of thioether (sulfide) groups is 1. The molecule has 23 heavy (non-hydrogen) atoms. The number of benzene rings is 1. The van der Waals surface area contributed by atoms with E-state index in [0.717, 1.165) is 37.5 Å². The van der Waals surface area contributed by atoms with Crippen LogP contribution in [0.15, 0.2) is 45.9 Å². The second kappa shape index (κ2) is 8.41. The van der Waals surface area contributed by atoms with Gasteiger partial charge in [0.15, 0.2) is 0 Å². The summed E-state index contributed by atoms with van der Waals surface area (Å²) < 4.78 is 0. The Hall–Kier alpha value is -1.46. The van der Waals surface area contributed by atoms with Gasteiger partial charge < -0.3 is 10.6 Å². The van der Waals surface area contributed by atoms with Gasteiger partial charge in [0.25, 0.3) is 0 Å². The lowest BCUT2D eigenvalue weighted by molar-refractivity contribution is 0.405. The second-order valence-corrected chi connectivity index (χ2v) is 6.55. The van der Waals surface area contributed by atoms with Crippen molar-refractivity contribution in [2.24, 2.45) is 4.99 Å². The minimum absolute atomic E-state index is 0.316. The average molecular weight is 333 g/mol. The lowest BCUT2D eigenvalue weighted by Crippen LogP contribution is -2.48. The number of hydrogen-bond donors (Lipinski definition) is 3. The zero-order chi connectivity index (χ0) is 16.7. The average Bonchev–Trinajstić information content (AvgIpc) is 2.55. The molecule has 2 rings (SSSR count). The smallest absolute Gasteiger partial charge is 0.202 e. The zero-order valence-corrected chi connectivity index (χ0v) is 15.4. The summed E-state index contributed by atoms with van der Waals surface area (Å²) in [6.07, 6.45) is 7.39. The quantitative estimate of drug-likeness (QED) is 0.656. The predicted molar refractivity (Wildman–Crippen MR) is 102 cm³/mol. The number of hydrogen-bond acceptors (Lipinski definition) is 5. The van der Waals surface area contributed by atoms with Crippen LogP contribution in [0.1, 0.15) is 40.0 Å². The minimum Gasteiger partial charge on any atom is -0.330 e. The molecule has 1 aromatic carbocycles. The van der Waals surface area contributed by atoms with Crippen LogP contribution in [0.5, 0.6) is 0 Å². The second-order valence-electron chi connectivity index (χ2n) is 5.67. The van der Waals surface area contributed by atoms with E-state index in [1.165, 1.54) is 10.6 Å². The van der Waals surface area contributed by atoms with E-state index >= 15 is 0 Å². The van der Waals surface area contributed by atoms with E-state index in [1.54, 1.807) is 11.8 Å². The SMILES string of the molecule is CCCC1=CC(CC)(NCC)N=C(Nc2cccc(SC)c2)N1. The molecule has 4 nitrogen and oxygen atoms in total. The fourth-order valence-electron chi connectivity index (χ4n) is 2.74. The molecule has 1 unspecified atom stereocenters. The summed E-state index contributed by atoms with van der Waals surface area (Å²) in [6, 6.07) is 8.40. The highest BCUT2D eigenvalue weighted by atomic mass is 32.2. The van der Waals surface area contributed by atoms with Gasteiger partial charge in [-0.1, -0.05) is 33.3 Å². The van der Waals surface area contributed by atoms with Crippen LogP contribution < -0.4 is 16.0 Å². The molecule has 0 saturated heterocycles. The maximum atomic E-state index is 4.90. The van der Waals surface area contributed by atoms with Crippen molar-refractivity contribution in [1.82, 2.24) is 10.6 Å². The van der Waals surface area contributed by atoms with Gasteiger partial charge in [-0.25, -0.2) is 4.99 Å². The standard InChI is InChI=1S/C18H28N4S/c1-5-9-15-13-18(6-2,19-7-3)22-17(21-15)20-14-10-8-11-16(12-14)23-4/h8,10-13,19H,5-7,9H2,1-4H3,(H2,20,21,22). The Bertz CT molecular complexity index is 582. The Morgan fingerprint density at radius 3 is 2.74 bits per heavy atom. The topological polar surface area (TPSA) is 48.5 Å². The van der Waals surface area contributed by atoms with E-state index < -0.39 is 0 Å². The molecule has 0 bridgehead atoms. The number of guanidine groups is 1. The highest BCUT2D eigenvalue weighted by molar-refractivity contribution is 7.98. The summed E-state index contributed by atoms with van der Waals surface area (Å²) in [5, 5.41) is 10.4. The first kappa shape index (κ1) is 17.9. The molecule has 1 atom stereocenters. The molecular weight excluding hydrogens is 304 g/mol. The lowest BCUT2D eigenvalue weighted by Gasteiger charge is -2.33. The third-order valence-corrected chi connectivity index (χ3v) is 4.60. The van der Waals surface area contributed by atoms with Crippen molar-refractivity contribution in [3.8, 4) is 0 Å². The van der Waals surface area contributed by atoms with Crippen molar-refractivity contribution in [2.45, 2.75) is 50.6 Å². The fourth-order valence-corrected chi connectivity index (χ4v) is 3.20. The molecule has 0 saturated carbocycles. The molecule has 0 spiro atoms. The number of rotatable bonds is 7. The maximum Gasteiger partial charge on any atom is 0.202 e. The molecule has 1 aliphatic rings. The Kier molecular flexibility index (Phi) is 6.54. The number of anilines is 1. The van der Waals surface area contributed by atoms with Crippen LogP contribution in [0, 0.1) is 0 Å². The number of nitrogens with zero attached hydrogens (tertiary/aromatic N) is 1. The highest BCUT2D eigenvalue weighted by Crippen LogP contribution is 2.23. The Balaban J connectivity index is 2.25. The molecule has 0 aliphatic carbocycles. The van der Waals surface area contributed by atoms with Crippen LogP contribution in [0.25, 0.3) is 0 Å². The molecule has 0 radical (unpaired) electrons. The van der Waals surface area contributed by atoms with Gasteiger partial charge >= 0.3 is 0 Å². The largest absolute Gasteiger partial charge is 0.330 e. The molecule has 0 fully saturated rings. The highest BCUT2D eigenvalue weighted by Gasteiger charge is 2.28. The van der Waals surface area contributed by atoms with Gasteiger partial charge in [-0.05, 0) is 49.9 Å². The minimum atomic E-state index is -0.316. The van der Waals surface area contributed by atoms with Crippen LogP contribution in [-0.4, -0.2) is 24.4 Å². The van der Waals surface area contributed by atoms with E-state index in [9.17, 15) is 0 Å². The molecule has 1 aromatic rings. The van der Waals surface area contributed by atoms with E-state index in [2.05, 4.69) is 73.3 Å². The summed E-state index contributed by atoms with van der Waals surface area (Å²) in [5.41, 5.74) is 1.97. The van der Waals surface area contributed by atoms with Gasteiger partial charge in [0.2, 0.25) is 5.96 Å². The summed E-state index contributed by atoms with van der Waals surface area (Å²) in [5.74, 6) is 0.817. The molecule has 1 heterocycles. The first-order valence-corrected chi connectivity index (χ1v) is 9.62. The fraction of sp³-hybridized carbons (Fsp3) is 0.500. The summed E-state index contributed by atoms with van der Waals surface area (Å²) in [7, 11) is 0. The normalized spacial score (nSPS) is 20.5. The summed E-state index contributed by atoms with van der Waals surface area (Å²) in [6.45, 7) is 7.38. The van der Waals surface area contributed by atoms with Crippen molar-refractivity contribution >= 4 is 23.4 Å². The van der Waals surface area contributed by atoms with Gasteiger partial charge in [0.05, 0.1) is 0 Å². The van der Waals surface area contributed by atoms with Crippen LogP contribution in [0.3, 0.4) is 0 Å². The Morgan fingerprint density at radius 2 is 2.09 bits per heavy atom. The van der Waals surface area contributed by atoms with E-state index in [4.69, 9.17) is 4.99 Å². The number of likely N-dealkylation sites (N-methyl/N-ethyl adjacent to an activating group) is 1. The summed E-state index contributed by atoms with van der Waals surface area (Å²) in [4.78, 5) is 6.14. The molecule has 0 amide bonds. The summed E-state index contributed by atoms with van der Waals surface area (Å²) >= 11 is 1.74. The number of allylic oxidation sites excluding steroid dienone is 1. The van der Waals surface area contributed by atoms with Crippen LogP contribution in [0.2, 0.25) is 0 Å². The predicted octanol–water partition coefficient (Wildman–Crippen LogP) is 4.18. The van der Waals surface area contributed by atoms with Crippen molar-refractivity contribution in [3.63, 3.8) is 0 Å². The molecule has 5 heteroatoms. The van der Waals surface area contributed by atoms with Gasteiger partial charge in [-0.3, -0.25) is 5.32 Å². The first-order chi connectivity index (χ1) is 11.1. The lowest BCUT2D eigenvalue weighted by atomic mass is 10.0. The van der Waals surface area contributed by atoms with Gasteiger partial charge in [0, 0.05) is 16.3 Å². The Labute approximate surface area is 144 Å². The molecule has 126 valence electrons. The van der Waals surface area contributed by atoms with Crippen LogP contribution >= 0.6 is 11.8 Å². The van der Waals surface area contributed by atoms with Crippen LogP contribution in [-0.2, 0) is 0 Å². The molecular formula is C18H28N4S. The monoisotopic (exact) mass is 332 g/mol. The van der Waals surface area contributed by atoms with Gasteiger partial charge in [-0.2, -0.15) is 0 Å². The molecule has 1 aliphatic heterocycles. The van der Waals surface area contributed by atoms with E-state index in [-0.39, 0.29) is 5.66 Å². The van der Waals surface area contributed by atoms with Crippen LogP contribution in [0.4, 0.5) is 5.69 Å². The van der Waals surface area contributed by atoms with Gasteiger partial charge in [0.1, 0.15) is 5.66 Å². The number of nitrogens with one attached hydrogen (secondary N) is 3. The maximum absolute atomic E-state index is 4.90. The third kappa shape index (κ3) is 4.75. The Morgan fingerprint density at radius 1 is 1.26 bits per heavy atom. The van der Waals surface area contributed by atoms with Crippen molar-refractivity contribution in [3.05, 3.63) is 36.0 Å². The zero-order valence-electron chi connectivity index (χ0n) is 14.6. The molecule has 3 N–H and O–H groups in total. The molecule has 0 aromatic heterocycles. The van der Waals surface area contributed by atoms with Gasteiger partial charge in [-0.15, -0.1) is 11.8 Å². The number of aliphatic imine (C=N–C) groups is 1. The van der Waals surface area contributed by atoms with Crippen molar-refractivity contribution < 1.29 is 0 Å². The van der Waals surface area contributed by atoms with E-state index in [1.807, 2.05) is 0 Å². The third-order valence-electron chi connectivity index (χ3n) is 3.88.